The molecule has 3 amide bonds. The minimum atomic E-state index is -1.54. The summed E-state index contributed by atoms with van der Waals surface area (Å²) in [5.41, 5.74) is 6.88. The van der Waals surface area contributed by atoms with E-state index in [0.29, 0.717) is 12.8 Å². The van der Waals surface area contributed by atoms with E-state index >= 15 is 0 Å². The number of rotatable bonds is 15. The molecule has 1 aromatic rings. The number of amides is 3. The third-order valence-electron chi connectivity index (χ3n) is 6.22. The highest BCUT2D eigenvalue weighted by molar-refractivity contribution is 5.95. The van der Waals surface area contributed by atoms with E-state index in [2.05, 4.69) is 16.0 Å². The highest BCUT2D eigenvalue weighted by Crippen LogP contribution is 2.12. The quantitative estimate of drug-likeness (QED) is 0.200. The highest BCUT2D eigenvalue weighted by Gasteiger charge is 2.34. The number of nitrogens with two attached hydrogens (primary N) is 1. The monoisotopic (exact) mass is 506 g/mol. The molecule has 200 valence electrons. The predicted molar refractivity (Wildman–Crippen MR) is 133 cm³/mol. The fourth-order valence-corrected chi connectivity index (χ4v) is 3.51. The van der Waals surface area contributed by atoms with Crippen molar-refractivity contribution in [3.05, 3.63) is 35.9 Å². The van der Waals surface area contributed by atoms with E-state index in [1.807, 2.05) is 37.3 Å². The Hall–Kier alpha value is -3.47. The molecule has 6 atom stereocenters. The Morgan fingerprint density at radius 2 is 1.33 bits per heavy atom. The van der Waals surface area contributed by atoms with Crippen LogP contribution in [-0.4, -0.2) is 64.0 Å². The maximum Gasteiger partial charge on any atom is 0.326 e. The Morgan fingerprint density at radius 1 is 0.806 bits per heavy atom. The van der Waals surface area contributed by atoms with Crippen LogP contribution in [-0.2, 0) is 30.4 Å². The molecule has 0 spiro atoms. The van der Waals surface area contributed by atoms with Crippen molar-refractivity contribution in [3.8, 4) is 0 Å². The van der Waals surface area contributed by atoms with Crippen LogP contribution in [0, 0.1) is 11.8 Å². The molecule has 1 aromatic carbocycles. The lowest BCUT2D eigenvalue weighted by Gasteiger charge is -2.28. The summed E-state index contributed by atoms with van der Waals surface area (Å²) in [6.45, 7) is 6.93. The lowest BCUT2D eigenvalue weighted by atomic mass is 9.96. The molecule has 0 radical (unpaired) electrons. The fourth-order valence-electron chi connectivity index (χ4n) is 3.51. The van der Waals surface area contributed by atoms with Crippen LogP contribution in [0.1, 0.15) is 52.5 Å². The number of carboxylic acids is 2. The molecule has 0 saturated carbocycles. The van der Waals surface area contributed by atoms with Gasteiger partial charge in [0.15, 0.2) is 0 Å². The Labute approximate surface area is 211 Å². The molecule has 0 heterocycles. The molecular formula is C25H38N4O7. The van der Waals surface area contributed by atoms with Crippen molar-refractivity contribution >= 4 is 29.7 Å². The zero-order chi connectivity index (χ0) is 27.4. The van der Waals surface area contributed by atoms with Gasteiger partial charge in [0.1, 0.15) is 18.1 Å². The van der Waals surface area contributed by atoms with Crippen LogP contribution in [0.25, 0.3) is 0 Å². The van der Waals surface area contributed by atoms with Gasteiger partial charge in [0.05, 0.1) is 12.5 Å². The van der Waals surface area contributed by atoms with Gasteiger partial charge in [-0.3, -0.25) is 19.2 Å². The summed E-state index contributed by atoms with van der Waals surface area (Å²) in [4.78, 5) is 61.6. The molecule has 0 aliphatic rings. The van der Waals surface area contributed by atoms with Crippen molar-refractivity contribution in [3.63, 3.8) is 0 Å². The average Bonchev–Trinajstić information content (AvgIpc) is 2.84. The van der Waals surface area contributed by atoms with Gasteiger partial charge in [0, 0.05) is 0 Å². The van der Waals surface area contributed by atoms with Crippen molar-refractivity contribution in [1.29, 1.82) is 0 Å². The average molecular weight is 507 g/mol. The Bertz CT molecular complexity index is 909. The van der Waals surface area contributed by atoms with E-state index in [1.54, 1.807) is 20.8 Å². The molecule has 1 rings (SSSR count). The minimum Gasteiger partial charge on any atom is -0.481 e. The molecule has 0 aliphatic heterocycles. The summed E-state index contributed by atoms with van der Waals surface area (Å²) in [5.74, 6) is -5.68. The second-order valence-corrected chi connectivity index (χ2v) is 9.04. The van der Waals surface area contributed by atoms with Crippen LogP contribution in [0.15, 0.2) is 30.3 Å². The molecule has 11 nitrogen and oxygen atoms in total. The number of hydrogen-bond acceptors (Lipinski definition) is 6. The first-order valence-electron chi connectivity index (χ1n) is 12.1. The van der Waals surface area contributed by atoms with Gasteiger partial charge >= 0.3 is 11.9 Å². The maximum absolute atomic E-state index is 13.1. The molecule has 0 aromatic heterocycles. The Kier molecular flexibility index (Phi) is 12.6. The van der Waals surface area contributed by atoms with Gasteiger partial charge in [0.25, 0.3) is 0 Å². The Morgan fingerprint density at radius 3 is 1.83 bits per heavy atom. The van der Waals surface area contributed by atoms with Crippen molar-refractivity contribution in [2.45, 2.75) is 77.5 Å². The summed E-state index contributed by atoms with van der Waals surface area (Å²) in [5, 5.41) is 26.0. The van der Waals surface area contributed by atoms with Crippen molar-refractivity contribution < 1.29 is 34.2 Å². The van der Waals surface area contributed by atoms with Crippen LogP contribution < -0.4 is 21.7 Å². The number of nitrogens with one attached hydrogen (secondary N) is 3. The molecular weight excluding hydrogens is 468 g/mol. The second-order valence-electron chi connectivity index (χ2n) is 9.04. The number of carboxylic acid groups (broad SMARTS) is 2. The summed E-state index contributed by atoms with van der Waals surface area (Å²) in [6.07, 6.45) is 0.437. The molecule has 11 heteroatoms. The van der Waals surface area contributed by atoms with Gasteiger partial charge in [-0.05, 0) is 23.8 Å². The number of hydrogen-bond donors (Lipinski definition) is 6. The van der Waals surface area contributed by atoms with E-state index in [4.69, 9.17) is 5.73 Å². The SMILES string of the molecule is CCC(C)C(NC(=O)C(CC(=O)O)NC(=O)C(NC(=O)C(N)Cc1ccccc1)C(C)CC)C(=O)O. The number of benzene rings is 1. The van der Waals surface area contributed by atoms with E-state index < -0.39 is 66.2 Å². The lowest BCUT2D eigenvalue weighted by Crippen LogP contribution is -2.59. The van der Waals surface area contributed by atoms with Crippen molar-refractivity contribution in [1.82, 2.24) is 16.0 Å². The first-order chi connectivity index (χ1) is 16.9. The molecule has 6 unspecified atom stereocenters. The molecule has 0 aliphatic carbocycles. The van der Waals surface area contributed by atoms with Crippen LogP contribution in [0.2, 0.25) is 0 Å². The summed E-state index contributed by atoms with van der Waals surface area (Å²) in [6, 6.07) is 4.31. The summed E-state index contributed by atoms with van der Waals surface area (Å²) in [7, 11) is 0. The van der Waals surface area contributed by atoms with Crippen LogP contribution in [0.4, 0.5) is 0 Å². The number of carbonyl (C=O) groups is 5. The van der Waals surface area contributed by atoms with Gasteiger partial charge in [-0.1, -0.05) is 70.9 Å². The first kappa shape index (κ1) is 30.6. The second kappa shape index (κ2) is 14.8. The summed E-state index contributed by atoms with van der Waals surface area (Å²) >= 11 is 0. The highest BCUT2D eigenvalue weighted by atomic mass is 16.4. The van der Waals surface area contributed by atoms with Gasteiger partial charge in [0.2, 0.25) is 17.7 Å². The van der Waals surface area contributed by atoms with E-state index in [-0.39, 0.29) is 12.3 Å². The first-order valence-corrected chi connectivity index (χ1v) is 12.1. The van der Waals surface area contributed by atoms with Crippen LogP contribution in [0.5, 0.6) is 0 Å². The molecule has 36 heavy (non-hydrogen) atoms. The smallest absolute Gasteiger partial charge is 0.326 e. The van der Waals surface area contributed by atoms with Gasteiger partial charge in [-0.15, -0.1) is 0 Å². The van der Waals surface area contributed by atoms with Crippen LogP contribution >= 0.6 is 0 Å². The van der Waals surface area contributed by atoms with Crippen molar-refractivity contribution in [2.75, 3.05) is 0 Å². The fraction of sp³-hybridized carbons (Fsp3) is 0.560. The molecule has 0 bridgehead atoms. The van der Waals surface area contributed by atoms with Crippen molar-refractivity contribution in [2.24, 2.45) is 17.6 Å². The molecule has 0 saturated heterocycles. The zero-order valence-corrected chi connectivity index (χ0v) is 21.2. The number of carbonyl (C=O) groups excluding carboxylic acids is 3. The number of aliphatic carboxylic acids is 2. The maximum atomic E-state index is 13.1. The normalized spacial score (nSPS) is 15.9. The van der Waals surface area contributed by atoms with Gasteiger partial charge < -0.3 is 31.9 Å². The molecule has 7 N–H and O–H groups in total. The van der Waals surface area contributed by atoms with Crippen LogP contribution in [0.3, 0.4) is 0 Å². The van der Waals surface area contributed by atoms with E-state index in [0.717, 1.165) is 5.56 Å². The minimum absolute atomic E-state index is 0.248. The topological polar surface area (TPSA) is 188 Å². The zero-order valence-electron chi connectivity index (χ0n) is 21.2. The standard InChI is InChI=1S/C25H38N4O7/c1-5-14(3)20(28-22(32)17(26)12-16-10-8-7-9-11-16)24(34)27-18(13-19(30)31)23(33)29-21(25(35)36)15(4)6-2/h7-11,14-15,17-18,20-21H,5-6,12-13,26H2,1-4H3,(H,27,34)(H,28,32)(H,29,33)(H,30,31)(H,35,36). The summed E-state index contributed by atoms with van der Waals surface area (Å²) < 4.78 is 0. The molecule has 0 fully saturated rings. The lowest BCUT2D eigenvalue weighted by molar-refractivity contribution is -0.144. The largest absolute Gasteiger partial charge is 0.481 e. The van der Waals surface area contributed by atoms with Gasteiger partial charge in [-0.2, -0.15) is 0 Å². The third-order valence-corrected chi connectivity index (χ3v) is 6.22. The van der Waals surface area contributed by atoms with E-state index in [9.17, 15) is 34.2 Å². The predicted octanol–water partition coefficient (Wildman–Crippen LogP) is 0.662. The van der Waals surface area contributed by atoms with Gasteiger partial charge in [-0.25, -0.2) is 4.79 Å². The Balaban J connectivity index is 3.01. The van der Waals surface area contributed by atoms with E-state index in [1.165, 1.54) is 0 Å². The third kappa shape index (κ3) is 9.65.